The number of likely N-dealkylation sites (tertiary alicyclic amines) is 1. The summed E-state index contributed by atoms with van der Waals surface area (Å²) in [6.45, 7) is 3.65. The number of rotatable bonds is 2. The van der Waals surface area contributed by atoms with Crippen molar-refractivity contribution in [2.45, 2.75) is 38.6 Å². The van der Waals surface area contributed by atoms with Crippen LogP contribution in [0.15, 0.2) is 12.7 Å². The molecule has 0 spiro atoms. The summed E-state index contributed by atoms with van der Waals surface area (Å²) >= 11 is 0. The Balaban J connectivity index is 2.00. The van der Waals surface area contributed by atoms with Crippen LogP contribution in [0.5, 0.6) is 0 Å². The summed E-state index contributed by atoms with van der Waals surface area (Å²) in [7, 11) is 0. The van der Waals surface area contributed by atoms with Crippen molar-refractivity contribution in [2.24, 2.45) is 0 Å². The van der Waals surface area contributed by atoms with Crippen molar-refractivity contribution in [1.82, 2.24) is 19.7 Å². The number of nitrogens with zero attached hydrogens (tertiary/aromatic N) is 4. The minimum atomic E-state index is -0.236. The molecule has 1 fully saturated rings. The lowest BCUT2D eigenvalue weighted by molar-refractivity contribution is -0.134. The fraction of sp³-hybridized carbons (Fsp3) is 0.727. The zero-order valence-corrected chi connectivity index (χ0v) is 9.67. The molecule has 2 rings (SSSR count). The van der Waals surface area contributed by atoms with Crippen LogP contribution >= 0.6 is 0 Å². The highest BCUT2D eigenvalue weighted by molar-refractivity contribution is 5.79. The average molecular weight is 222 g/mol. The Bertz CT molecular complexity index is 328. The van der Waals surface area contributed by atoms with E-state index in [1.54, 1.807) is 11.0 Å². The molecule has 2 heterocycles. The predicted octanol–water partition coefficient (Wildman–Crippen LogP) is 1.24. The standard InChI is InChI=1S/C11H18N4O/c1-10(15-9-12-8-13-15)11(16)14-6-4-2-3-5-7-14/h8-10H,2-7H2,1H3. The van der Waals surface area contributed by atoms with Crippen LogP contribution in [0.4, 0.5) is 0 Å². The molecule has 1 atom stereocenters. The normalized spacial score (nSPS) is 19.2. The van der Waals surface area contributed by atoms with Gasteiger partial charge in [-0.05, 0) is 19.8 Å². The largest absolute Gasteiger partial charge is 0.341 e. The van der Waals surface area contributed by atoms with E-state index in [2.05, 4.69) is 10.1 Å². The van der Waals surface area contributed by atoms with Gasteiger partial charge in [-0.3, -0.25) is 4.79 Å². The molecule has 1 saturated heterocycles. The van der Waals surface area contributed by atoms with E-state index in [1.165, 1.54) is 19.2 Å². The van der Waals surface area contributed by atoms with E-state index in [-0.39, 0.29) is 11.9 Å². The van der Waals surface area contributed by atoms with Gasteiger partial charge in [0.25, 0.3) is 0 Å². The summed E-state index contributed by atoms with van der Waals surface area (Å²) in [4.78, 5) is 18.0. The smallest absolute Gasteiger partial charge is 0.247 e. The number of hydrogen-bond donors (Lipinski definition) is 0. The van der Waals surface area contributed by atoms with Crippen molar-refractivity contribution in [2.75, 3.05) is 13.1 Å². The Morgan fingerprint density at radius 1 is 1.25 bits per heavy atom. The van der Waals surface area contributed by atoms with Gasteiger partial charge in [-0.2, -0.15) is 5.10 Å². The zero-order valence-electron chi connectivity index (χ0n) is 9.67. The monoisotopic (exact) mass is 222 g/mol. The number of amides is 1. The lowest BCUT2D eigenvalue weighted by atomic mass is 10.2. The third-order valence-electron chi connectivity index (χ3n) is 3.11. The molecule has 1 aromatic heterocycles. The molecule has 16 heavy (non-hydrogen) atoms. The van der Waals surface area contributed by atoms with Crippen molar-refractivity contribution in [3.8, 4) is 0 Å². The van der Waals surface area contributed by atoms with Crippen molar-refractivity contribution in [1.29, 1.82) is 0 Å². The first kappa shape index (κ1) is 11.1. The SMILES string of the molecule is CC(C(=O)N1CCCCCC1)n1cncn1. The summed E-state index contributed by atoms with van der Waals surface area (Å²) in [5, 5.41) is 4.01. The van der Waals surface area contributed by atoms with E-state index in [0.29, 0.717) is 0 Å². The van der Waals surface area contributed by atoms with Crippen LogP contribution in [0.1, 0.15) is 38.6 Å². The number of carbonyl (C=O) groups is 1. The topological polar surface area (TPSA) is 51.0 Å². The molecule has 5 nitrogen and oxygen atoms in total. The zero-order chi connectivity index (χ0) is 11.4. The van der Waals surface area contributed by atoms with E-state index in [4.69, 9.17) is 0 Å². The molecule has 1 amide bonds. The van der Waals surface area contributed by atoms with Gasteiger partial charge in [0, 0.05) is 13.1 Å². The molecule has 1 aromatic rings. The van der Waals surface area contributed by atoms with Crippen molar-refractivity contribution in [3.05, 3.63) is 12.7 Å². The van der Waals surface area contributed by atoms with Crippen molar-refractivity contribution < 1.29 is 4.79 Å². The van der Waals surface area contributed by atoms with Crippen molar-refractivity contribution in [3.63, 3.8) is 0 Å². The van der Waals surface area contributed by atoms with Gasteiger partial charge in [-0.25, -0.2) is 9.67 Å². The Labute approximate surface area is 95.5 Å². The van der Waals surface area contributed by atoms with Crippen LogP contribution in [-0.2, 0) is 4.79 Å². The Kier molecular flexibility index (Phi) is 3.54. The van der Waals surface area contributed by atoms with E-state index in [9.17, 15) is 4.79 Å². The number of aromatic nitrogens is 3. The van der Waals surface area contributed by atoms with Gasteiger partial charge in [0.15, 0.2) is 0 Å². The van der Waals surface area contributed by atoms with E-state index >= 15 is 0 Å². The lowest BCUT2D eigenvalue weighted by Crippen LogP contribution is -2.37. The fourth-order valence-electron chi connectivity index (χ4n) is 2.09. The molecule has 0 bridgehead atoms. The molecule has 5 heteroatoms. The fourth-order valence-corrected chi connectivity index (χ4v) is 2.09. The van der Waals surface area contributed by atoms with E-state index in [1.807, 2.05) is 11.8 Å². The second kappa shape index (κ2) is 5.09. The highest BCUT2D eigenvalue weighted by atomic mass is 16.2. The maximum atomic E-state index is 12.2. The highest BCUT2D eigenvalue weighted by Crippen LogP contribution is 2.14. The summed E-state index contributed by atoms with van der Waals surface area (Å²) in [6.07, 6.45) is 7.78. The molecule has 0 N–H and O–H groups in total. The molecule has 88 valence electrons. The third-order valence-corrected chi connectivity index (χ3v) is 3.11. The second-order valence-electron chi connectivity index (χ2n) is 4.29. The minimum absolute atomic E-state index is 0.160. The van der Waals surface area contributed by atoms with Crippen LogP contribution < -0.4 is 0 Å². The van der Waals surface area contributed by atoms with E-state index < -0.39 is 0 Å². The van der Waals surface area contributed by atoms with Gasteiger partial charge < -0.3 is 4.90 Å². The second-order valence-corrected chi connectivity index (χ2v) is 4.29. The van der Waals surface area contributed by atoms with Gasteiger partial charge in [0.05, 0.1) is 0 Å². The van der Waals surface area contributed by atoms with Crippen LogP contribution in [0.25, 0.3) is 0 Å². The minimum Gasteiger partial charge on any atom is -0.341 e. The summed E-state index contributed by atoms with van der Waals surface area (Å²) < 4.78 is 1.62. The highest BCUT2D eigenvalue weighted by Gasteiger charge is 2.22. The molecular weight excluding hydrogens is 204 g/mol. The van der Waals surface area contributed by atoms with Gasteiger partial charge >= 0.3 is 0 Å². The van der Waals surface area contributed by atoms with Gasteiger partial charge in [0.2, 0.25) is 5.91 Å². The van der Waals surface area contributed by atoms with Gasteiger partial charge in [0.1, 0.15) is 18.7 Å². The van der Waals surface area contributed by atoms with Crippen LogP contribution in [0.2, 0.25) is 0 Å². The molecule has 1 aliphatic heterocycles. The van der Waals surface area contributed by atoms with Crippen LogP contribution in [-0.4, -0.2) is 38.7 Å². The first-order valence-corrected chi connectivity index (χ1v) is 5.92. The van der Waals surface area contributed by atoms with Crippen LogP contribution in [0.3, 0.4) is 0 Å². The maximum absolute atomic E-state index is 12.2. The Morgan fingerprint density at radius 3 is 2.50 bits per heavy atom. The molecule has 1 aliphatic rings. The maximum Gasteiger partial charge on any atom is 0.247 e. The molecule has 0 radical (unpaired) electrons. The molecule has 0 aliphatic carbocycles. The molecule has 1 unspecified atom stereocenters. The number of carbonyl (C=O) groups excluding carboxylic acids is 1. The van der Waals surface area contributed by atoms with Crippen LogP contribution in [0, 0.1) is 0 Å². The third kappa shape index (κ3) is 2.40. The average Bonchev–Trinajstić information content (AvgIpc) is 2.70. The van der Waals surface area contributed by atoms with Gasteiger partial charge in [-0.15, -0.1) is 0 Å². The number of hydrogen-bond acceptors (Lipinski definition) is 3. The van der Waals surface area contributed by atoms with Gasteiger partial charge in [-0.1, -0.05) is 12.8 Å². The first-order valence-electron chi connectivity index (χ1n) is 5.92. The Morgan fingerprint density at radius 2 is 1.94 bits per heavy atom. The quantitative estimate of drug-likeness (QED) is 0.756. The lowest BCUT2D eigenvalue weighted by Gasteiger charge is -2.23. The first-order chi connectivity index (χ1) is 7.79. The summed E-state index contributed by atoms with van der Waals surface area (Å²) in [5.74, 6) is 0.160. The predicted molar refractivity (Wildman–Crippen MR) is 59.8 cm³/mol. The summed E-state index contributed by atoms with van der Waals surface area (Å²) in [5.41, 5.74) is 0. The molecule has 0 saturated carbocycles. The van der Waals surface area contributed by atoms with Crippen molar-refractivity contribution >= 4 is 5.91 Å². The summed E-state index contributed by atoms with van der Waals surface area (Å²) in [6, 6.07) is -0.236. The molecular formula is C11H18N4O. The Hall–Kier alpha value is -1.39. The van der Waals surface area contributed by atoms with E-state index in [0.717, 1.165) is 25.9 Å². The molecule has 0 aromatic carbocycles.